The molecule has 0 radical (unpaired) electrons. The van der Waals surface area contributed by atoms with Crippen LogP contribution >= 0.6 is 11.8 Å². The van der Waals surface area contributed by atoms with Crippen molar-refractivity contribution in [2.75, 3.05) is 71.0 Å². The van der Waals surface area contributed by atoms with Crippen molar-refractivity contribution in [3.8, 4) is 11.3 Å². The molecule has 0 saturated carbocycles. The molecule has 2 saturated heterocycles. The minimum atomic E-state index is -4.51. The van der Waals surface area contributed by atoms with E-state index in [2.05, 4.69) is 23.6 Å². The fourth-order valence-electron chi connectivity index (χ4n) is 6.16. The molecule has 1 unspecified atom stereocenters. The van der Waals surface area contributed by atoms with Gasteiger partial charge >= 0.3 is 6.18 Å². The van der Waals surface area contributed by atoms with Gasteiger partial charge in [0.25, 0.3) is 0 Å². The Kier molecular flexibility index (Phi) is 10.4. The van der Waals surface area contributed by atoms with E-state index in [0.717, 1.165) is 57.0 Å². The summed E-state index contributed by atoms with van der Waals surface area (Å²) in [7, 11) is -3.49. The molecule has 44 heavy (non-hydrogen) atoms. The summed E-state index contributed by atoms with van der Waals surface area (Å²) >= 11 is 1.17. The average Bonchev–Trinajstić information content (AvgIpc) is 3.31. The second-order valence-electron chi connectivity index (χ2n) is 12.9. The Labute approximate surface area is 262 Å². The van der Waals surface area contributed by atoms with Gasteiger partial charge in [0, 0.05) is 73.2 Å². The second kappa shape index (κ2) is 13.6. The summed E-state index contributed by atoms with van der Waals surface area (Å²) in [5.41, 5.74) is 2.07. The molecule has 0 spiro atoms. The standard InChI is InChI=1S/C30H44F3N5O4S2/c1-29(2)7-10-36(11-8-29)19-23(39)20-38-26-6-9-37(44(3,40)41)21-24(26)28(34-38)22-4-5-25(30(31,32)33)27(18-22)43-17-14-35-12-15-42-16-13-35/h4-5,18,23,39H,6-17,19-21H2,1-3H3. The molecule has 0 bridgehead atoms. The van der Waals surface area contributed by atoms with Gasteiger partial charge in [0.05, 0.1) is 43.4 Å². The molecule has 1 aromatic heterocycles. The molecule has 3 aliphatic heterocycles. The van der Waals surface area contributed by atoms with Crippen LogP contribution < -0.4 is 0 Å². The third-order valence-electron chi connectivity index (χ3n) is 8.96. The Morgan fingerprint density at radius 1 is 1.07 bits per heavy atom. The number of benzene rings is 1. The molecule has 14 heteroatoms. The van der Waals surface area contributed by atoms with Gasteiger partial charge in [0.1, 0.15) is 0 Å². The largest absolute Gasteiger partial charge is 0.417 e. The number of piperidine rings is 1. The van der Waals surface area contributed by atoms with Gasteiger partial charge in [-0.3, -0.25) is 9.58 Å². The molecule has 2 aromatic rings. The predicted molar refractivity (Wildman–Crippen MR) is 165 cm³/mol. The van der Waals surface area contributed by atoms with Crippen LogP contribution in [0.5, 0.6) is 0 Å². The summed E-state index contributed by atoms with van der Waals surface area (Å²) in [5.74, 6) is 0.487. The number of aliphatic hydroxyl groups is 1. The van der Waals surface area contributed by atoms with Gasteiger partial charge in [-0.05, 0) is 43.5 Å². The smallest absolute Gasteiger partial charge is 0.390 e. The van der Waals surface area contributed by atoms with Crippen molar-refractivity contribution in [3.63, 3.8) is 0 Å². The van der Waals surface area contributed by atoms with Crippen LogP contribution in [0.3, 0.4) is 0 Å². The van der Waals surface area contributed by atoms with Crippen molar-refractivity contribution in [1.82, 2.24) is 23.9 Å². The van der Waals surface area contributed by atoms with Crippen molar-refractivity contribution >= 4 is 21.8 Å². The lowest BCUT2D eigenvalue weighted by atomic mass is 9.82. The number of rotatable bonds is 10. The maximum atomic E-state index is 14.0. The van der Waals surface area contributed by atoms with Gasteiger partial charge in [-0.15, -0.1) is 11.8 Å². The minimum Gasteiger partial charge on any atom is -0.390 e. The monoisotopic (exact) mass is 659 g/mol. The van der Waals surface area contributed by atoms with Gasteiger partial charge in [0.15, 0.2) is 0 Å². The average molecular weight is 660 g/mol. The first kappa shape index (κ1) is 33.7. The van der Waals surface area contributed by atoms with Crippen LogP contribution in [0.15, 0.2) is 23.1 Å². The van der Waals surface area contributed by atoms with Gasteiger partial charge in [-0.25, -0.2) is 8.42 Å². The number of thioether (sulfide) groups is 1. The SMILES string of the molecule is CC1(C)CCN(CC(O)Cn2nc(-c3ccc(C(F)(F)F)c(SCCN4CCOCC4)c3)c3c2CCN(S(C)(=O)=O)C3)CC1. The summed E-state index contributed by atoms with van der Waals surface area (Å²) in [6.07, 6.45) is -1.53. The highest BCUT2D eigenvalue weighted by Gasteiger charge is 2.35. The molecule has 1 aromatic carbocycles. The predicted octanol–water partition coefficient (Wildman–Crippen LogP) is 3.79. The Bertz CT molecular complexity index is 1400. The quantitative estimate of drug-likeness (QED) is 0.386. The van der Waals surface area contributed by atoms with Crippen molar-refractivity contribution in [3.05, 3.63) is 35.0 Å². The number of alkyl halides is 3. The number of fused-ring (bicyclic) bond motifs is 1. The number of likely N-dealkylation sites (tertiary alicyclic amines) is 1. The first-order chi connectivity index (χ1) is 20.7. The van der Waals surface area contributed by atoms with E-state index >= 15 is 0 Å². The van der Waals surface area contributed by atoms with E-state index in [1.165, 1.54) is 28.2 Å². The van der Waals surface area contributed by atoms with Crippen LogP contribution in [0, 0.1) is 5.41 Å². The summed E-state index contributed by atoms with van der Waals surface area (Å²) in [6.45, 7) is 10.8. The summed E-state index contributed by atoms with van der Waals surface area (Å²) < 4.78 is 75.5. The minimum absolute atomic E-state index is 0.0847. The van der Waals surface area contributed by atoms with Crippen molar-refractivity contribution in [2.24, 2.45) is 5.41 Å². The zero-order valence-corrected chi connectivity index (χ0v) is 27.4. The molecular weight excluding hydrogens is 615 g/mol. The zero-order valence-electron chi connectivity index (χ0n) is 25.8. The van der Waals surface area contributed by atoms with Crippen LogP contribution in [-0.4, -0.2) is 115 Å². The summed E-state index contributed by atoms with van der Waals surface area (Å²) in [6, 6.07) is 4.06. The molecule has 1 N–H and O–H groups in total. The number of ether oxygens (including phenoxy) is 1. The normalized spacial score (nSPS) is 21.3. The summed E-state index contributed by atoms with van der Waals surface area (Å²) in [4.78, 5) is 4.56. The van der Waals surface area contributed by atoms with Crippen molar-refractivity contribution in [2.45, 2.75) is 63.4 Å². The lowest BCUT2D eigenvalue weighted by Gasteiger charge is -2.37. The van der Waals surface area contributed by atoms with E-state index in [9.17, 15) is 26.7 Å². The van der Waals surface area contributed by atoms with E-state index in [1.54, 1.807) is 4.68 Å². The number of aromatic nitrogens is 2. The molecule has 9 nitrogen and oxygen atoms in total. The lowest BCUT2D eigenvalue weighted by molar-refractivity contribution is -0.139. The number of aliphatic hydroxyl groups excluding tert-OH is 1. The fourth-order valence-corrected chi connectivity index (χ4v) is 8.07. The van der Waals surface area contributed by atoms with Crippen LogP contribution in [0.1, 0.15) is 43.5 Å². The lowest BCUT2D eigenvalue weighted by Crippen LogP contribution is -2.42. The van der Waals surface area contributed by atoms with Crippen LogP contribution in [0.25, 0.3) is 11.3 Å². The number of hydrogen-bond donors (Lipinski definition) is 1. The topological polar surface area (TPSA) is 91.1 Å². The van der Waals surface area contributed by atoms with E-state index in [-0.39, 0.29) is 24.5 Å². The first-order valence-electron chi connectivity index (χ1n) is 15.3. The molecule has 4 heterocycles. The van der Waals surface area contributed by atoms with Crippen LogP contribution in [0.4, 0.5) is 13.2 Å². The van der Waals surface area contributed by atoms with E-state index in [0.29, 0.717) is 60.7 Å². The molecule has 5 rings (SSSR count). The van der Waals surface area contributed by atoms with Gasteiger partial charge in [-0.2, -0.15) is 22.6 Å². The molecule has 0 amide bonds. The van der Waals surface area contributed by atoms with Crippen LogP contribution in [-0.2, 0) is 40.4 Å². The van der Waals surface area contributed by atoms with E-state index < -0.39 is 27.9 Å². The number of nitrogens with zero attached hydrogens (tertiary/aromatic N) is 5. The number of morpholine rings is 1. The first-order valence-corrected chi connectivity index (χ1v) is 18.1. The summed E-state index contributed by atoms with van der Waals surface area (Å²) in [5, 5.41) is 15.9. The van der Waals surface area contributed by atoms with E-state index in [1.807, 2.05) is 0 Å². The fraction of sp³-hybridized carbons (Fsp3) is 0.700. The number of halogens is 3. The van der Waals surface area contributed by atoms with Crippen molar-refractivity contribution < 1.29 is 31.4 Å². The Morgan fingerprint density at radius 2 is 1.77 bits per heavy atom. The van der Waals surface area contributed by atoms with Gasteiger partial charge in [0.2, 0.25) is 10.0 Å². The highest BCUT2D eigenvalue weighted by Crippen LogP contribution is 2.40. The van der Waals surface area contributed by atoms with Crippen molar-refractivity contribution in [1.29, 1.82) is 0 Å². The second-order valence-corrected chi connectivity index (χ2v) is 16.1. The molecule has 2 fully saturated rings. The van der Waals surface area contributed by atoms with E-state index in [4.69, 9.17) is 9.84 Å². The Balaban J connectivity index is 1.41. The molecule has 1 atom stereocenters. The third-order valence-corrected chi connectivity index (χ3v) is 11.2. The molecular formula is C30H44F3N5O4S2. The maximum absolute atomic E-state index is 14.0. The maximum Gasteiger partial charge on any atom is 0.417 e. The highest BCUT2D eigenvalue weighted by atomic mass is 32.2. The number of β-amino-alcohol motifs (C(OH)–C–C–N with tert-alkyl or cyclic N) is 1. The zero-order chi connectivity index (χ0) is 31.7. The highest BCUT2D eigenvalue weighted by molar-refractivity contribution is 7.99. The van der Waals surface area contributed by atoms with Gasteiger partial charge in [-0.1, -0.05) is 19.9 Å². The molecule has 3 aliphatic rings. The molecule has 246 valence electrons. The molecule has 0 aliphatic carbocycles. The number of hydrogen-bond acceptors (Lipinski definition) is 8. The Hall–Kier alpha value is -1.68. The Morgan fingerprint density at radius 3 is 2.43 bits per heavy atom. The number of sulfonamides is 1. The third kappa shape index (κ3) is 8.37. The van der Waals surface area contributed by atoms with Gasteiger partial charge < -0.3 is 14.7 Å². The van der Waals surface area contributed by atoms with Crippen LogP contribution in [0.2, 0.25) is 0 Å².